The van der Waals surface area contributed by atoms with Gasteiger partial charge in [0.2, 0.25) is 0 Å². The van der Waals surface area contributed by atoms with Gasteiger partial charge in [0, 0.05) is 24.4 Å². The maximum atomic E-state index is 10.9. The van der Waals surface area contributed by atoms with Crippen molar-refractivity contribution in [3.63, 3.8) is 0 Å². The van der Waals surface area contributed by atoms with Crippen molar-refractivity contribution >= 4 is 17.4 Å². The molecule has 1 atom stereocenters. The lowest BCUT2D eigenvalue weighted by Crippen LogP contribution is -2.35. The van der Waals surface area contributed by atoms with E-state index in [9.17, 15) is 4.79 Å². The monoisotopic (exact) mass is 198 g/mol. The second-order valence-electron chi connectivity index (χ2n) is 3.00. The summed E-state index contributed by atoms with van der Waals surface area (Å²) in [6.07, 6.45) is 0. The minimum Gasteiger partial charge on any atom is -0.335 e. The van der Waals surface area contributed by atoms with Crippen LogP contribution in [0.2, 0.25) is 0 Å². The van der Waals surface area contributed by atoms with Crippen LogP contribution in [0.25, 0.3) is 0 Å². The van der Waals surface area contributed by atoms with Crippen molar-refractivity contribution in [1.82, 2.24) is 10.4 Å². The average Bonchev–Trinajstić information content (AvgIpc) is 2.57. The fourth-order valence-electron chi connectivity index (χ4n) is 1.30. The summed E-state index contributed by atoms with van der Waals surface area (Å²) in [5.41, 5.74) is 1.32. The number of nitrogens with one attached hydrogen (secondary N) is 1. The zero-order valence-electron chi connectivity index (χ0n) is 7.15. The second-order valence-corrected chi connectivity index (χ2v) is 3.95. The molecule has 0 saturated carbocycles. The normalized spacial score (nSPS) is 17.8. The predicted molar refractivity (Wildman–Crippen MR) is 49.1 cm³/mol. The van der Waals surface area contributed by atoms with Gasteiger partial charge in [-0.2, -0.15) is 0 Å². The molecule has 70 valence electrons. The standard InChI is InChI=1S/C8H10N2O2S/c1-10(12)8(11)9-4-6-5-2-3-13-7(5)6/h2-3,6,12H,4H2,1H3,(H,9,11). The molecule has 13 heavy (non-hydrogen) atoms. The maximum Gasteiger partial charge on any atom is 0.340 e. The number of carbonyl (C=O) groups is 1. The highest BCUT2D eigenvalue weighted by Crippen LogP contribution is 2.46. The fourth-order valence-corrected chi connectivity index (χ4v) is 2.32. The number of rotatable bonds is 2. The molecule has 1 aliphatic carbocycles. The van der Waals surface area contributed by atoms with Crippen molar-refractivity contribution in [3.8, 4) is 0 Å². The molecule has 0 aliphatic heterocycles. The average molecular weight is 198 g/mol. The van der Waals surface area contributed by atoms with E-state index in [0.29, 0.717) is 17.5 Å². The third-order valence-corrected chi connectivity index (χ3v) is 3.13. The van der Waals surface area contributed by atoms with Gasteiger partial charge in [0.15, 0.2) is 0 Å². The van der Waals surface area contributed by atoms with E-state index >= 15 is 0 Å². The Morgan fingerprint density at radius 1 is 1.85 bits per heavy atom. The van der Waals surface area contributed by atoms with Crippen LogP contribution in [0.15, 0.2) is 11.4 Å². The van der Waals surface area contributed by atoms with Crippen molar-refractivity contribution in [1.29, 1.82) is 0 Å². The van der Waals surface area contributed by atoms with Crippen LogP contribution in [0.4, 0.5) is 4.79 Å². The Morgan fingerprint density at radius 2 is 2.62 bits per heavy atom. The molecule has 0 bridgehead atoms. The van der Waals surface area contributed by atoms with Gasteiger partial charge < -0.3 is 5.32 Å². The number of hydrogen-bond acceptors (Lipinski definition) is 3. The third kappa shape index (κ3) is 1.52. The number of hydroxylamine groups is 2. The summed E-state index contributed by atoms with van der Waals surface area (Å²) in [6.45, 7) is 0.589. The molecular weight excluding hydrogens is 188 g/mol. The largest absolute Gasteiger partial charge is 0.340 e. The second kappa shape index (κ2) is 3.01. The van der Waals surface area contributed by atoms with Gasteiger partial charge in [0.25, 0.3) is 0 Å². The third-order valence-electron chi connectivity index (χ3n) is 2.09. The van der Waals surface area contributed by atoms with E-state index in [-0.39, 0.29) is 0 Å². The van der Waals surface area contributed by atoms with E-state index in [1.54, 1.807) is 11.3 Å². The number of thiophene rings is 1. The van der Waals surface area contributed by atoms with Crippen molar-refractivity contribution in [2.75, 3.05) is 13.6 Å². The minimum absolute atomic E-state index is 0.402. The molecule has 0 aromatic carbocycles. The highest BCUT2D eigenvalue weighted by Gasteiger charge is 2.34. The Balaban J connectivity index is 1.77. The number of amides is 2. The lowest BCUT2D eigenvalue weighted by molar-refractivity contribution is -0.0181. The molecule has 0 saturated heterocycles. The quantitative estimate of drug-likeness (QED) is 0.554. The number of nitrogens with zero attached hydrogens (tertiary/aromatic N) is 1. The first-order valence-electron chi connectivity index (χ1n) is 3.98. The molecule has 0 fully saturated rings. The first-order chi connectivity index (χ1) is 6.20. The summed E-state index contributed by atoms with van der Waals surface area (Å²) in [5, 5.41) is 14.0. The molecule has 0 radical (unpaired) electrons. The van der Waals surface area contributed by atoms with Gasteiger partial charge in [-0.3, -0.25) is 5.21 Å². The topological polar surface area (TPSA) is 52.6 Å². The van der Waals surface area contributed by atoms with Gasteiger partial charge in [-0.1, -0.05) is 0 Å². The number of fused-ring (bicyclic) bond motifs is 1. The van der Waals surface area contributed by atoms with E-state index in [4.69, 9.17) is 5.21 Å². The van der Waals surface area contributed by atoms with E-state index in [2.05, 4.69) is 11.4 Å². The molecule has 1 heterocycles. The molecular formula is C8H10N2O2S. The summed E-state index contributed by atoms with van der Waals surface area (Å²) < 4.78 is 0. The molecule has 0 spiro atoms. The van der Waals surface area contributed by atoms with Crippen LogP contribution in [-0.2, 0) is 0 Å². The molecule has 1 aliphatic rings. The van der Waals surface area contributed by atoms with E-state index in [1.807, 2.05) is 5.38 Å². The summed E-state index contributed by atoms with van der Waals surface area (Å²) in [4.78, 5) is 12.3. The fraction of sp³-hybridized carbons (Fsp3) is 0.375. The smallest absolute Gasteiger partial charge is 0.335 e. The van der Waals surface area contributed by atoms with Crippen LogP contribution in [0.3, 0.4) is 0 Å². The van der Waals surface area contributed by atoms with E-state index < -0.39 is 6.03 Å². The minimum atomic E-state index is -0.458. The zero-order valence-corrected chi connectivity index (χ0v) is 7.97. The van der Waals surface area contributed by atoms with Crippen LogP contribution >= 0.6 is 11.3 Å². The Hall–Kier alpha value is -1.07. The van der Waals surface area contributed by atoms with Crippen LogP contribution in [0.5, 0.6) is 0 Å². The summed E-state index contributed by atoms with van der Waals surface area (Å²) in [5.74, 6) is 0.402. The molecule has 5 heteroatoms. The highest BCUT2D eigenvalue weighted by molar-refractivity contribution is 7.11. The van der Waals surface area contributed by atoms with Gasteiger partial charge in [-0.25, -0.2) is 9.86 Å². The van der Waals surface area contributed by atoms with Crippen molar-refractivity contribution in [2.24, 2.45) is 0 Å². The van der Waals surface area contributed by atoms with Gasteiger partial charge in [-0.15, -0.1) is 11.3 Å². The molecule has 1 aromatic heterocycles. The summed E-state index contributed by atoms with van der Waals surface area (Å²) >= 11 is 1.71. The number of hydrogen-bond donors (Lipinski definition) is 2. The Kier molecular flexibility index (Phi) is 1.97. The molecule has 1 unspecified atom stereocenters. The van der Waals surface area contributed by atoms with E-state index in [1.165, 1.54) is 17.5 Å². The predicted octanol–water partition coefficient (Wildman–Crippen LogP) is 1.22. The lowest BCUT2D eigenvalue weighted by Gasteiger charge is -2.09. The highest BCUT2D eigenvalue weighted by atomic mass is 32.1. The van der Waals surface area contributed by atoms with Crippen LogP contribution in [0.1, 0.15) is 16.4 Å². The number of carbonyl (C=O) groups excluding carboxylic acids is 1. The SMILES string of the molecule is CN(O)C(=O)NCC1c2ccsc21. The van der Waals surface area contributed by atoms with Gasteiger partial charge in [0.05, 0.1) is 0 Å². The van der Waals surface area contributed by atoms with Crippen molar-refractivity contribution in [2.45, 2.75) is 5.92 Å². The Bertz CT molecular complexity index is 316. The molecule has 2 amide bonds. The lowest BCUT2D eigenvalue weighted by atomic mass is 10.3. The first-order valence-corrected chi connectivity index (χ1v) is 4.86. The van der Waals surface area contributed by atoms with Crippen molar-refractivity contribution in [3.05, 3.63) is 21.9 Å². The Morgan fingerprint density at radius 3 is 3.15 bits per heavy atom. The molecule has 2 rings (SSSR count). The van der Waals surface area contributed by atoms with Gasteiger partial charge in [0.1, 0.15) is 0 Å². The van der Waals surface area contributed by atoms with Crippen LogP contribution in [0, 0.1) is 0 Å². The summed E-state index contributed by atoms with van der Waals surface area (Å²) in [6, 6.07) is 1.61. The van der Waals surface area contributed by atoms with Gasteiger partial charge >= 0.3 is 6.03 Å². The molecule has 1 aromatic rings. The van der Waals surface area contributed by atoms with Crippen LogP contribution < -0.4 is 5.32 Å². The van der Waals surface area contributed by atoms with Crippen molar-refractivity contribution < 1.29 is 10.0 Å². The van der Waals surface area contributed by atoms with E-state index in [0.717, 1.165) is 0 Å². The van der Waals surface area contributed by atoms with Crippen LogP contribution in [-0.4, -0.2) is 29.9 Å². The first kappa shape index (κ1) is 8.52. The van der Waals surface area contributed by atoms with Gasteiger partial charge in [-0.05, 0) is 17.0 Å². The molecule has 2 N–H and O–H groups in total. The Labute approximate surface area is 79.7 Å². The maximum absolute atomic E-state index is 10.9. The molecule has 4 nitrogen and oxygen atoms in total. The number of urea groups is 1. The summed E-state index contributed by atoms with van der Waals surface area (Å²) in [7, 11) is 1.30. The zero-order chi connectivity index (χ0) is 9.42.